The minimum Gasteiger partial charge on any atom is -0.493 e. The lowest BCUT2D eigenvalue weighted by Gasteiger charge is -2.23. The third-order valence-corrected chi connectivity index (χ3v) is 4.50. The first kappa shape index (κ1) is 13.9. The molecule has 1 aromatic rings. The average Bonchev–Trinajstić information content (AvgIpc) is 3.04. The van der Waals surface area contributed by atoms with Gasteiger partial charge in [0.2, 0.25) is 5.91 Å². The van der Waals surface area contributed by atoms with Gasteiger partial charge in [-0.3, -0.25) is 9.59 Å². The minimum absolute atomic E-state index is 0.00474. The zero-order valence-corrected chi connectivity index (χ0v) is 12.0. The van der Waals surface area contributed by atoms with Gasteiger partial charge in [0, 0.05) is 19.0 Å². The Bertz CT molecular complexity index is 584. The number of likely N-dealkylation sites (tertiary alicyclic amines) is 1. The van der Waals surface area contributed by atoms with Crippen molar-refractivity contribution in [2.75, 3.05) is 13.2 Å². The van der Waals surface area contributed by atoms with Gasteiger partial charge in [-0.05, 0) is 30.5 Å². The lowest BCUT2D eigenvalue weighted by molar-refractivity contribution is -0.143. The zero-order valence-electron chi connectivity index (χ0n) is 12.0. The van der Waals surface area contributed by atoms with Crippen LogP contribution in [0.15, 0.2) is 18.2 Å². The second kappa shape index (κ2) is 5.39. The Morgan fingerprint density at radius 2 is 2.24 bits per heavy atom. The average molecular weight is 289 g/mol. The normalized spacial score (nSPS) is 23.8. The highest BCUT2D eigenvalue weighted by Gasteiger charge is 2.37. The maximum Gasteiger partial charge on any atom is 0.308 e. The van der Waals surface area contributed by atoms with E-state index in [2.05, 4.69) is 0 Å². The molecule has 1 N–H and O–H groups in total. The number of hydrogen-bond donors (Lipinski definition) is 1. The highest BCUT2D eigenvalue weighted by atomic mass is 16.5. The summed E-state index contributed by atoms with van der Waals surface area (Å²) in [7, 11) is 0. The van der Waals surface area contributed by atoms with Crippen LogP contribution in [0.1, 0.15) is 24.5 Å². The summed E-state index contributed by atoms with van der Waals surface area (Å²) in [5.41, 5.74) is 2.12. The number of carboxylic acids is 1. The Kier molecular flexibility index (Phi) is 3.57. The Morgan fingerprint density at radius 3 is 2.95 bits per heavy atom. The van der Waals surface area contributed by atoms with E-state index in [1.54, 1.807) is 4.90 Å². The van der Waals surface area contributed by atoms with Crippen molar-refractivity contribution >= 4 is 11.9 Å². The summed E-state index contributed by atoms with van der Waals surface area (Å²) in [6, 6.07) is 5.62. The van der Waals surface area contributed by atoms with Gasteiger partial charge in [0.1, 0.15) is 5.75 Å². The summed E-state index contributed by atoms with van der Waals surface area (Å²) < 4.78 is 5.46. The van der Waals surface area contributed by atoms with Crippen LogP contribution in [0.2, 0.25) is 0 Å². The number of carbonyl (C=O) groups excluding carboxylic acids is 1. The van der Waals surface area contributed by atoms with Gasteiger partial charge < -0.3 is 14.7 Å². The van der Waals surface area contributed by atoms with Crippen molar-refractivity contribution in [1.82, 2.24) is 4.90 Å². The number of amides is 1. The number of fused-ring (bicyclic) bond motifs is 1. The molecule has 1 saturated heterocycles. The maximum absolute atomic E-state index is 12.4. The molecule has 0 radical (unpaired) electrons. The van der Waals surface area contributed by atoms with Crippen LogP contribution >= 0.6 is 0 Å². The molecular weight excluding hydrogens is 270 g/mol. The van der Waals surface area contributed by atoms with Crippen molar-refractivity contribution in [3.63, 3.8) is 0 Å². The van der Waals surface area contributed by atoms with E-state index in [1.165, 1.54) is 0 Å². The minimum atomic E-state index is -0.813. The summed E-state index contributed by atoms with van der Waals surface area (Å²) >= 11 is 0. The van der Waals surface area contributed by atoms with Gasteiger partial charge >= 0.3 is 5.97 Å². The van der Waals surface area contributed by atoms with Crippen LogP contribution in [0.5, 0.6) is 5.75 Å². The van der Waals surface area contributed by atoms with E-state index in [9.17, 15) is 9.59 Å². The molecule has 2 aliphatic rings. The Hall–Kier alpha value is -2.04. The van der Waals surface area contributed by atoms with Gasteiger partial charge in [0.25, 0.3) is 0 Å². The SMILES string of the molecule is CC1C(C(=O)O)CCN1C(=O)Cc1ccc2c(c1)CCO2. The van der Waals surface area contributed by atoms with Gasteiger partial charge in [0.05, 0.1) is 18.9 Å². The fourth-order valence-electron chi connectivity index (χ4n) is 3.25. The molecule has 0 aromatic heterocycles. The lowest BCUT2D eigenvalue weighted by atomic mass is 10.0. The van der Waals surface area contributed by atoms with E-state index < -0.39 is 11.9 Å². The molecule has 112 valence electrons. The largest absolute Gasteiger partial charge is 0.493 e. The van der Waals surface area contributed by atoms with Gasteiger partial charge in [-0.2, -0.15) is 0 Å². The molecule has 2 unspecified atom stereocenters. The van der Waals surface area contributed by atoms with Crippen molar-refractivity contribution in [1.29, 1.82) is 0 Å². The molecule has 3 rings (SSSR count). The van der Waals surface area contributed by atoms with Crippen LogP contribution in [0.3, 0.4) is 0 Å². The molecule has 0 saturated carbocycles. The zero-order chi connectivity index (χ0) is 15.0. The smallest absolute Gasteiger partial charge is 0.308 e. The number of benzene rings is 1. The van der Waals surface area contributed by atoms with Crippen LogP contribution in [0.4, 0.5) is 0 Å². The first-order valence-corrected chi connectivity index (χ1v) is 7.33. The third kappa shape index (κ3) is 2.60. The molecule has 5 heteroatoms. The van der Waals surface area contributed by atoms with E-state index in [0.717, 1.165) is 23.3 Å². The predicted molar refractivity (Wildman–Crippen MR) is 76.3 cm³/mol. The van der Waals surface area contributed by atoms with E-state index in [0.29, 0.717) is 26.0 Å². The van der Waals surface area contributed by atoms with Gasteiger partial charge in [-0.15, -0.1) is 0 Å². The third-order valence-electron chi connectivity index (χ3n) is 4.50. The molecule has 2 aliphatic heterocycles. The fraction of sp³-hybridized carbons (Fsp3) is 0.500. The van der Waals surface area contributed by atoms with Gasteiger partial charge in [-0.1, -0.05) is 12.1 Å². The molecular formula is C16H19NO4. The molecule has 1 aromatic carbocycles. The topological polar surface area (TPSA) is 66.8 Å². The van der Waals surface area contributed by atoms with E-state index >= 15 is 0 Å². The number of hydrogen-bond acceptors (Lipinski definition) is 3. The number of ether oxygens (including phenoxy) is 1. The Labute approximate surface area is 123 Å². The highest BCUT2D eigenvalue weighted by molar-refractivity contribution is 5.81. The second-order valence-electron chi connectivity index (χ2n) is 5.78. The predicted octanol–water partition coefficient (Wildman–Crippen LogP) is 1.49. The standard InChI is InChI=1S/C16H19NO4/c1-10-13(16(19)20)4-6-17(10)15(18)9-11-2-3-14-12(8-11)5-7-21-14/h2-3,8,10,13H,4-7,9H2,1H3,(H,19,20). The molecule has 1 amide bonds. The van der Waals surface area contributed by atoms with E-state index in [1.807, 2.05) is 25.1 Å². The number of aliphatic carboxylic acids is 1. The number of nitrogens with zero attached hydrogens (tertiary/aromatic N) is 1. The molecule has 0 bridgehead atoms. The molecule has 21 heavy (non-hydrogen) atoms. The summed E-state index contributed by atoms with van der Waals surface area (Å²) in [4.78, 5) is 25.2. The Morgan fingerprint density at radius 1 is 1.43 bits per heavy atom. The van der Waals surface area contributed by atoms with Crippen molar-refractivity contribution < 1.29 is 19.4 Å². The summed E-state index contributed by atoms with van der Waals surface area (Å²) in [6.07, 6.45) is 1.75. The number of carboxylic acid groups (broad SMARTS) is 1. The van der Waals surface area contributed by atoms with Crippen molar-refractivity contribution in [2.45, 2.75) is 32.2 Å². The van der Waals surface area contributed by atoms with Gasteiger partial charge in [-0.25, -0.2) is 0 Å². The van der Waals surface area contributed by atoms with Crippen LogP contribution in [0.25, 0.3) is 0 Å². The van der Waals surface area contributed by atoms with Crippen LogP contribution < -0.4 is 4.74 Å². The first-order chi connectivity index (χ1) is 10.1. The monoisotopic (exact) mass is 289 g/mol. The molecule has 0 spiro atoms. The Balaban J connectivity index is 1.68. The quantitative estimate of drug-likeness (QED) is 0.915. The molecule has 2 heterocycles. The van der Waals surface area contributed by atoms with Crippen LogP contribution in [-0.2, 0) is 22.4 Å². The van der Waals surface area contributed by atoms with Crippen molar-refractivity contribution in [2.24, 2.45) is 5.92 Å². The van der Waals surface area contributed by atoms with E-state index in [-0.39, 0.29) is 11.9 Å². The molecule has 2 atom stereocenters. The summed E-state index contributed by atoms with van der Waals surface area (Å²) in [5, 5.41) is 9.13. The molecule has 0 aliphatic carbocycles. The van der Waals surface area contributed by atoms with Crippen molar-refractivity contribution in [3.05, 3.63) is 29.3 Å². The summed E-state index contributed by atoms with van der Waals surface area (Å²) in [6.45, 7) is 3.06. The number of rotatable bonds is 3. The van der Waals surface area contributed by atoms with Crippen molar-refractivity contribution in [3.8, 4) is 5.75 Å². The maximum atomic E-state index is 12.4. The second-order valence-corrected chi connectivity index (χ2v) is 5.78. The van der Waals surface area contributed by atoms with Crippen LogP contribution in [0, 0.1) is 5.92 Å². The molecule has 5 nitrogen and oxygen atoms in total. The molecule has 1 fully saturated rings. The fourth-order valence-corrected chi connectivity index (χ4v) is 3.25. The van der Waals surface area contributed by atoms with E-state index in [4.69, 9.17) is 9.84 Å². The highest BCUT2D eigenvalue weighted by Crippen LogP contribution is 2.28. The first-order valence-electron chi connectivity index (χ1n) is 7.33. The van der Waals surface area contributed by atoms with Crippen LogP contribution in [-0.4, -0.2) is 41.1 Å². The number of carbonyl (C=O) groups is 2. The lowest BCUT2D eigenvalue weighted by Crippen LogP contribution is -2.38. The van der Waals surface area contributed by atoms with Gasteiger partial charge in [0.15, 0.2) is 0 Å². The summed E-state index contributed by atoms with van der Waals surface area (Å²) in [5.74, 6) is -0.341.